The molecule has 0 N–H and O–H groups in total. The Morgan fingerprint density at radius 2 is 2.10 bits per heavy atom. The summed E-state index contributed by atoms with van der Waals surface area (Å²) in [5.74, 6) is 0.543. The van der Waals surface area contributed by atoms with Crippen LogP contribution in [0.3, 0.4) is 0 Å². The smallest absolute Gasteiger partial charge is 0.410 e. The SMILES string of the molecule is CC(C)(C)OC(=O)N1CCn2c(cc(C#N)c2C2CC2)C1. The molecule has 5 nitrogen and oxygen atoms in total. The van der Waals surface area contributed by atoms with Crippen LogP contribution >= 0.6 is 0 Å². The molecule has 21 heavy (non-hydrogen) atoms. The molecule has 5 heteroatoms. The number of fused-ring (bicyclic) bond motifs is 1. The zero-order valence-corrected chi connectivity index (χ0v) is 12.8. The molecule has 112 valence electrons. The van der Waals surface area contributed by atoms with Crippen molar-refractivity contribution in [3.05, 3.63) is 23.0 Å². The minimum atomic E-state index is -0.479. The van der Waals surface area contributed by atoms with Gasteiger partial charge in [-0.25, -0.2) is 4.79 Å². The highest BCUT2D eigenvalue weighted by Crippen LogP contribution is 2.43. The molecule has 1 aromatic rings. The molecule has 0 saturated heterocycles. The molecule has 3 rings (SSSR count). The van der Waals surface area contributed by atoms with Crippen molar-refractivity contribution in [2.75, 3.05) is 6.54 Å². The largest absolute Gasteiger partial charge is 0.444 e. The average molecular weight is 287 g/mol. The van der Waals surface area contributed by atoms with Gasteiger partial charge in [0.2, 0.25) is 0 Å². The van der Waals surface area contributed by atoms with E-state index in [4.69, 9.17) is 4.74 Å². The molecule has 0 radical (unpaired) electrons. The lowest BCUT2D eigenvalue weighted by Gasteiger charge is -2.31. The zero-order chi connectivity index (χ0) is 15.2. The molecule has 0 atom stereocenters. The number of aromatic nitrogens is 1. The summed E-state index contributed by atoms with van der Waals surface area (Å²) < 4.78 is 7.66. The minimum Gasteiger partial charge on any atom is -0.444 e. The number of nitriles is 1. The first-order valence-electron chi connectivity index (χ1n) is 7.49. The summed E-state index contributed by atoms with van der Waals surface area (Å²) in [5.41, 5.74) is 2.52. The fraction of sp³-hybridized carbons (Fsp3) is 0.625. The predicted octanol–water partition coefficient (Wildman–Crippen LogP) is 2.99. The van der Waals surface area contributed by atoms with Gasteiger partial charge in [0.25, 0.3) is 0 Å². The van der Waals surface area contributed by atoms with Gasteiger partial charge in [-0.2, -0.15) is 5.26 Å². The highest BCUT2D eigenvalue weighted by molar-refractivity contribution is 5.68. The van der Waals surface area contributed by atoms with Crippen molar-refractivity contribution in [3.8, 4) is 6.07 Å². The van der Waals surface area contributed by atoms with E-state index in [1.807, 2.05) is 26.8 Å². The van der Waals surface area contributed by atoms with Crippen LogP contribution in [0.2, 0.25) is 0 Å². The Morgan fingerprint density at radius 3 is 2.67 bits per heavy atom. The van der Waals surface area contributed by atoms with E-state index in [1.54, 1.807) is 4.90 Å². The molecule has 1 aliphatic heterocycles. The van der Waals surface area contributed by atoms with Crippen molar-refractivity contribution in [3.63, 3.8) is 0 Å². The van der Waals surface area contributed by atoms with Gasteiger partial charge in [-0.1, -0.05) is 0 Å². The number of ether oxygens (including phenoxy) is 1. The normalized spacial score (nSPS) is 18.1. The average Bonchev–Trinajstić information content (AvgIpc) is 3.16. The summed E-state index contributed by atoms with van der Waals surface area (Å²) >= 11 is 0. The number of carbonyl (C=O) groups is 1. The maximum Gasteiger partial charge on any atom is 0.410 e. The topological polar surface area (TPSA) is 58.3 Å². The van der Waals surface area contributed by atoms with Crippen molar-refractivity contribution >= 4 is 6.09 Å². The van der Waals surface area contributed by atoms with E-state index in [-0.39, 0.29) is 6.09 Å². The van der Waals surface area contributed by atoms with E-state index in [9.17, 15) is 10.1 Å². The van der Waals surface area contributed by atoms with Gasteiger partial charge < -0.3 is 14.2 Å². The first-order chi connectivity index (χ1) is 9.89. The van der Waals surface area contributed by atoms with Crippen LogP contribution in [0, 0.1) is 11.3 Å². The van der Waals surface area contributed by atoms with Gasteiger partial charge in [-0.05, 0) is 39.7 Å². The lowest BCUT2D eigenvalue weighted by molar-refractivity contribution is 0.0198. The molecule has 0 bridgehead atoms. The summed E-state index contributed by atoms with van der Waals surface area (Å²) in [7, 11) is 0. The van der Waals surface area contributed by atoms with Crippen LogP contribution in [0.4, 0.5) is 4.79 Å². The van der Waals surface area contributed by atoms with Crippen LogP contribution in [0.1, 0.15) is 56.5 Å². The summed E-state index contributed by atoms with van der Waals surface area (Å²) in [4.78, 5) is 13.9. The first kappa shape index (κ1) is 14.0. The van der Waals surface area contributed by atoms with E-state index >= 15 is 0 Å². The van der Waals surface area contributed by atoms with Crippen molar-refractivity contribution in [1.82, 2.24) is 9.47 Å². The summed E-state index contributed by atoms with van der Waals surface area (Å²) in [6.07, 6.45) is 2.07. The second kappa shape index (κ2) is 4.80. The molecule has 0 spiro atoms. The molecule has 0 unspecified atom stereocenters. The Morgan fingerprint density at radius 1 is 1.38 bits per heavy atom. The van der Waals surface area contributed by atoms with Gasteiger partial charge in [-0.15, -0.1) is 0 Å². The first-order valence-corrected chi connectivity index (χ1v) is 7.49. The predicted molar refractivity (Wildman–Crippen MR) is 77.8 cm³/mol. The van der Waals surface area contributed by atoms with Gasteiger partial charge in [0, 0.05) is 30.4 Å². The van der Waals surface area contributed by atoms with Crippen molar-refractivity contribution in [2.45, 2.75) is 58.2 Å². The van der Waals surface area contributed by atoms with Crippen molar-refractivity contribution < 1.29 is 9.53 Å². The third kappa shape index (κ3) is 2.76. The molecule has 1 aromatic heterocycles. The van der Waals surface area contributed by atoms with Crippen LogP contribution in [0.5, 0.6) is 0 Å². The number of hydrogen-bond donors (Lipinski definition) is 0. The Kier molecular flexibility index (Phi) is 3.20. The number of hydrogen-bond acceptors (Lipinski definition) is 3. The second-order valence-corrected chi connectivity index (χ2v) is 6.87. The zero-order valence-electron chi connectivity index (χ0n) is 12.8. The summed E-state index contributed by atoms with van der Waals surface area (Å²) in [6.45, 7) is 7.53. The second-order valence-electron chi connectivity index (χ2n) is 6.87. The fourth-order valence-corrected chi connectivity index (χ4v) is 2.88. The Hall–Kier alpha value is -1.96. The Labute approximate surface area is 125 Å². The van der Waals surface area contributed by atoms with Gasteiger partial charge in [0.1, 0.15) is 11.7 Å². The van der Waals surface area contributed by atoms with Gasteiger partial charge in [0.05, 0.1) is 12.1 Å². The van der Waals surface area contributed by atoms with E-state index in [1.165, 1.54) is 18.5 Å². The Bertz CT molecular complexity index is 615. The maximum absolute atomic E-state index is 12.2. The monoisotopic (exact) mass is 287 g/mol. The number of rotatable bonds is 1. The van der Waals surface area contributed by atoms with Crippen molar-refractivity contribution in [2.24, 2.45) is 0 Å². The van der Waals surface area contributed by atoms with Crippen LogP contribution in [0.15, 0.2) is 6.07 Å². The standard InChI is InChI=1S/C16H21N3O2/c1-16(2,3)21-15(20)18-6-7-19-13(10-18)8-12(9-17)14(19)11-4-5-11/h8,11H,4-7,10H2,1-3H3. The number of carbonyl (C=O) groups excluding carboxylic acids is 1. The molecular formula is C16H21N3O2. The minimum absolute atomic E-state index is 0.276. The highest BCUT2D eigenvalue weighted by atomic mass is 16.6. The quantitative estimate of drug-likeness (QED) is 0.797. The molecular weight excluding hydrogens is 266 g/mol. The molecule has 2 aliphatic rings. The van der Waals surface area contributed by atoms with E-state index in [0.717, 1.165) is 17.8 Å². The lowest BCUT2D eigenvalue weighted by Crippen LogP contribution is -2.41. The molecule has 1 saturated carbocycles. The van der Waals surface area contributed by atoms with Gasteiger partial charge >= 0.3 is 6.09 Å². The van der Waals surface area contributed by atoms with Crippen LogP contribution in [-0.2, 0) is 17.8 Å². The van der Waals surface area contributed by atoms with E-state index in [2.05, 4.69) is 10.6 Å². The van der Waals surface area contributed by atoms with Gasteiger partial charge in [0.15, 0.2) is 0 Å². The maximum atomic E-state index is 12.2. The molecule has 1 amide bonds. The van der Waals surface area contributed by atoms with Crippen molar-refractivity contribution in [1.29, 1.82) is 5.26 Å². The highest BCUT2D eigenvalue weighted by Gasteiger charge is 2.34. The van der Waals surface area contributed by atoms with Crippen LogP contribution in [-0.4, -0.2) is 27.7 Å². The lowest BCUT2D eigenvalue weighted by atomic mass is 10.2. The van der Waals surface area contributed by atoms with E-state index in [0.29, 0.717) is 19.0 Å². The van der Waals surface area contributed by atoms with Crippen LogP contribution < -0.4 is 0 Å². The van der Waals surface area contributed by atoms with E-state index < -0.39 is 5.60 Å². The number of amides is 1. The number of nitrogens with zero attached hydrogens (tertiary/aromatic N) is 3. The van der Waals surface area contributed by atoms with Crippen LogP contribution in [0.25, 0.3) is 0 Å². The Balaban J connectivity index is 1.80. The summed E-state index contributed by atoms with van der Waals surface area (Å²) in [5, 5.41) is 9.30. The summed E-state index contributed by atoms with van der Waals surface area (Å²) in [6, 6.07) is 4.24. The molecule has 1 aliphatic carbocycles. The molecule has 2 heterocycles. The third-order valence-corrected chi connectivity index (χ3v) is 3.91. The molecule has 1 fully saturated rings. The molecule has 0 aromatic carbocycles. The van der Waals surface area contributed by atoms with Gasteiger partial charge in [-0.3, -0.25) is 0 Å². The fourth-order valence-electron chi connectivity index (χ4n) is 2.88. The third-order valence-electron chi connectivity index (χ3n) is 3.91.